The number of carbonyl (C=O) groups is 1. The molecule has 1 aliphatic rings. The second-order valence-electron chi connectivity index (χ2n) is 8.30. The van der Waals surface area contributed by atoms with Crippen LogP contribution in [0, 0.1) is 17.5 Å². The van der Waals surface area contributed by atoms with Crippen molar-refractivity contribution in [2.75, 3.05) is 11.4 Å². The lowest BCUT2D eigenvalue weighted by Gasteiger charge is -2.51. The minimum atomic E-state index is -4.85. The van der Waals surface area contributed by atoms with Gasteiger partial charge < -0.3 is 4.90 Å². The third kappa shape index (κ3) is 4.44. The lowest BCUT2D eigenvalue weighted by Crippen LogP contribution is -2.61. The van der Waals surface area contributed by atoms with Gasteiger partial charge in [-0.05, 0) is 53.9 Å². The van der Waals surface area contributed by atoms with Crippen molar-refractivity contribution < 1.29 is 31.1 Å². The Hall–Kier alpha value is -3.56. The van der Waals surface area contributed by atoms with E-state index >= 15 is 4.39 Å². The van der Waals surface area contributed by atoms with Crippen LogP contribution in [-0.4, -0.2) is 28.6 Å². The molecule has 0 fully saturated rings. The monoisotopic (exact) mass is 493 g/mol. The summed E-state index contributed by atoms with van der Waals surface area (Å²) < 4.78 is 85.5. The Morgan fingerprint density at radius 3 is 2.20 bits per heavy atom. The van der Waals surface area contributed by atoms with Crippen LogP contribution in [0.3, 0.4) is 0 Å². The highest BCUT2D eigenvalue weighted by Crippen LogP contribution is 2.51. The maximum atomic E-state index is 15.6. The van der Waals surface area contributed by atoms with Gasteiger partial charge in [0.25, 0.3) is 0 Å². The molecule has 0 N–H and O–H groups in total. The fourth-order valence-corrected chi connectivity index (χ4v) is 4.70. The van der Waals surface area contributed by atoms with Crippen LogP contribution in [0.4, 0.5) is 36.8 Å². The van der Waals surface area contributed by atoms with E-state index in [2.05, 4.69) is 4.98 Å². The molecule has 1 unspecified atom stereocenters. The summed E-state index contributed by atoms with van der Waals surface area (Å²) >= 11 is 0. The average Bonchev–Trinajstić information content (AvgIpc) is 2.81. The average molecular weight is 493 g/mol. The van der Waals surface area contributed by atoms with Crippen molar-refractivity contribution in [2.24, 2.45) is 0 Å². The van der Waals surface area contributed by atoms with Crippen LogP contribution in [0.1, 0.15) is 36.5 Å². The van der Waals surface area contributed by atoms with Gasteiger partial charge >= 0.3 is 12.2 Å². The molecule has 0 saturated carbocycles. The number of alkyl halides is 3. The molecule has 0 aliphatic carbocycles. The molecule has 184 valence electrons. The molecule has 2 heterocycles. The summed E-state index contributed by atoms with van der Waals surface area (Å²) in [5.41, 5.74) is -1.90. The van der Waals surface area contributed by atoms with Crippen molar-refractivity contribution >= 4 is 11.7 Å². The van der Waals surface area contributed by atoms with Crippen LogP contribution in [0.2, 0.25) is 0 Å². The first-order valence-electron chi connectivity index (χ1n) is 10.9. The summed E-state index contributed by atoms with van der Waals surface area (Å²) in [7, 11) is 0. The summed E-state index contributed by atoms with van der Waals surface area (Å²) in [5.74, 6) is -3.29. The Balaban J connectivity index is 2.05. The number of hydrogen-bond donors (Lipinski definition) is 0. The lowest BCUT2D eigenvalue weighted by molar-refractivity contribution is -0.149. The van der Waals surface area contributed by atoms with Gasteiger partial charge in [-0.1, -0.05) is 25.5 Å². The molecule has 2 amide bonds. The molecule has 4 nitrogen and oxygen atoms in total. The quantitative estimate of drug-likeness (QED) is 0.366. The Morgan fingerprint density at radius 2 is 1.60 bits per heavy atom. The van der Waals surface area contributed by atoms with Crippen molar-refractivity contribution in [3.8, 4) is 0 Å². The van der Waals surface area contributed by atoms with Crippen LogP contribution >= 0.6 is 0 Å². The number of amides is 2. The van der Waals surface area contributed by atoms with Crippen molar-refractivity contribution in [3.63, 3.8) is 0 Å². The van der Waals surface area contributed by atoms with E-state index in [0.717, 1.165) is 23.1 Å². The molecule has 0 saturated heterocycles. The van der Waals surface area contributed by atoms with Crippen LogP contribution in [0.5, 0.6) is 0 Å². The molecule has 0 bridgehead atoms. The number of fused-ring (bicyclic) bond motifs is 1. The molecule has 3 aromatic rings. The summed E-state index contributed by atoms with van der Waals surface area (Å²) in [6, 6.07) is 8.56. The Kier molecular flexibility index (Phi) is 6.48. The highest BCUT2D eigenvalue weighted by atomic mass is 19.4. The number of aromatic nitrogens is 1. The highest BCUT2D eigenvalue weighted by Gasteiger charge is 2.54. The summed E-state index contributed by atoms with van der Waals surface area (Å²) in [5, 5.41) is 0. The van der Waals surface area contributed by atoms with E-state index < -0.39 is 47.3 Å². The Morgan fingerprint density at radius 1 is 0.943 bits per heavy atom. The van der Waals surface area contributed by atoms with Gasteiger partial charge in [0.1, 0.15) is 17.9 Å². The van der Waals surface area contributed by atoms with E-state index in [-0.39, 0.29) is 30.6 Å². The number of benzene rings is 2. The molecule has 35 heavy (non-hydrogen) atoms. The number of hydrogen-bond acceptors (Lipinski definition) is 2. The number of pyridine rings is 1. The first kappa shape index (κ1) is 24.6. The number of halogens is 6. The van der Waals surface area contributed by atoms with Gasteiger partial charge in [0.2, 0.25) is 0 Å². The zero-order valence-electron chi connectivity index (χ0n) is 18.6. The standard InChI is InChI=1S/C25H21F6N3O/c1-2-11-24(17-3-5-18(26)6-4-17)21-20(8-7-19(27)22(21)28)33(14-16-9-12-32-13-10-16)23(35)34(24)15-25(29,30)31/h3-10,12-13H,2,11,14-15H2,1H3. The number of nitrogens with zero attached hydrogens (tertiary/aromatic N) is 3. The Bertz CT molecular complexity index is 1220. The van der Waals surface area contributed by atoms with E-state index in [1.54, 1.807) is 19.1 Å². The van der Waals surface area contributed by atoms with E-state index in [4.69, 9.17) is 0 Å². The highest BCUT2D eigenvalue weighted by molar-refractivity contribution is 5.97. The predicted molar refractivity (Wildman–Crippen MR) is 117 cm³/mol. The molecule has 10 heteroatoms. The fourth-order valence-electron chi connectivity index (χ4n) is 4.70. The normalized spacial score (nSPS) is 18.1. The van der Waals surface area contributed by atoms with Crippen molar-refractivity contribution in [1.82, 2.24) is 9.88 Å². The van der Waals surface area contributed by atoms with E-state index in [0.29, 0.717) is 10.5 Å². The second-order valence-corrected chi connectivity index (χ2v) is 8.30. The number of urea groups is 1. The molecule has 0 radical (unpaired) electrons. The summed E-state index contributed by atoms with van der Waals surface area (Å²) in [6.07, 6.45) is -1.89. The number of carbonyl (C=O) groups excluding carboxylic acids is 1. The minimum absolute atomic E-state index is 0.0488. The molecular formula is C25H21F6N3O. The molecule has 4 rings (SSSR count). The third-order valence-corrected chi connectivity index (χ3v) is 6.06. The first-order chi connectivity index (χ1) is 16.6. The zero-order chi connectivity index (χ0) is 25.4. The van der Waals surface area contributed by atoms with Gasteiger partial charge in [-0.3, -0.25) is 9.88 Å². The molecule has 2 aromatic carbocycles. The summed E-state index contributed by atoms with van der Waals surface area (Å²) in [4.78, 5) is 19.1. The first-order valence-corrected chi connectivity index (χ1v) is 10.9. The fraction of sp³-hybridized carbons (Fsp3) is 0.280. The van der Waals surface area contributed by atoms with E-state index in [9.17, 15) is 26.7 Å². The van der Waals surface area contributed by atoms with Gasteiger partial charge in [0.05, 0.1) is 12.2 Å². The van der Waals surface area contributed by atoms with Gasteiger partial charge in [-0.25, -0.2) is 18.0 Å². The Labute approximate surface area is 197 Å². The predicted octanol–water partition coefficient (Wildman–Crippen LogP) is 6.55. The van der Waals surface area contributed by atoms with Crippen molar-refractivity contribution in [3.05, 3.63) is 95.1 Å². The van der Waals surface area contributed by atoms with Gasteiger partial charge in [-0.15, -0.1) is 0 Å². The minimum Gasteiger partial charge on any atom is -0.301 e. The second kappa shape index (κ2) is 9.24. The summed E-state index contributed by atoms with van der Waals surface area (Å²) in [6.45, 7) is -0.257. The molecule has 0 spiro atoms. The van der Waals surface area contributed by atoms with Crippen molar-refractivity contribution in [2.45, 2.75) is 38.0 Å². The van der Waals surface area contributed by atoms with Crippen LogP contribution in [0.25, 0.3) is 0 Å². The largest absolute Gasteiger partial charge is 0.406 e. The third-order valence-electron chi connectivity index (χ3n) is 6.06. The maximum Gasteiger partial charge on any atom is 0.406 e. The lowest BCUT2D eigenvalue weighted by atomic mass is 9.75. The van der Waals surface area contributed by atoms with Gasteiger partial charge in [0, 0.05) is 18.0 Å². The maximum absolute atomic E-state index is 15.6. The smallest absolute Gasteiger partial charge is 0.301 e. The number of rotatable bonds is 6. The topological polar surface area (TPSA) is 36.4 Å². The van der Waals surface area contributed by atoms with Gasteiger partial charge in [-0.2, -0.15) is 13.2 Å². The molecular weight excluding hydrogens is 472 g/mol. The van der Waals surface area contributed by atoms with E-state index in [1.807, 2.05) is 0 Å². The zero-order valence-corrected chi connectivity index (χ0v) is 18.6. The van der Waals surface area contributed by atoms with Crippen LogP contribution in [-0.2, 0) is 12.1 Å². The molecule has 1 atom stereocenters. The van der Waals surface area contributed by atoms with Crippen LogP contribution < -0.4 is 4.90 Å². The number of anilines is 1. The molecule has 1 aliphatic heterocycles. The molecule has 1 aromatic heterocycles. The van der Waals surface area contributed by atoms with Crippen LogP contribution in [0.15, 0.2) is 60.9 Å². The van der Waals surface area contributed by atoms with Gasteiger partial charge in [0.15, 0.2) is 11.6 Å². The van der Waals surface area contributed by atoms with E-state index in [1.165, 1.54) is 30.6 Å². The SMILES string of the molecule is CCCC1(c2ccc(F)cc2)c2c(ccc(F)c2F)N(Cc2ccncc2)C(=O)N1CC(F)(F)F. The van der Waals surface area contributed by atoms with Crippen molar-refractivity contribution in [1.29, 1.82) is 0 Å².